The largest absolute Gasteiger partial charge is 0.348 e. The average molecular weight is 400 g/mol. The Kier molecular flexibility index (Phi) is 5.13. The number of rotatable bonds is 4. The Morgan fingerprint density at radius 1 is 1.32 bits per heavy atom. The first-order valence-electron chi connectivity index (χ1n) is 9.28. The Labute approximate surface area is 165 Å². The number of benzene rings is 1. The molecule has 6 nitrogen and oxygen atoms in total. The highest BCUT2D eigenvalue weighted by molar-refractivity contribution is 7.12. The SMILES string of the molecule is Cc1csc(C(=O)N2CCC(Cc3n[nH]c(=O)n3-c3ccccc3F)CC2)c1. The van der Waals surface area contributed by atoms with Gasteiger partial charge in [-0.3, -0.25) is 4.79 Å². The number of hydrogen-bond acceptors (Lipinski definition) is 4. The summed E-state index contributed by atoms with van der Waals surface area (Å²) in [7, 11) is 0. The molecule has 3 heterocycles. The summed E-state index contributed by atoms with van der Waals surface area (Å²) in [6, 6.07) is 8.11. The first kappa shape index (κ1) is 18.6. The number of halogens is 1. The summed E-state index contributed by atoms with van der Waals surface area (Å²) < 4.78 is 15.5. The number of carbonyl (C=O) groups excluding carboxylic acids is 1. The molecule has 0 spiro atoms. The molecule has 1 aliphatic rings. The fourth-order valence-corrected chi connectivity index (χ4v) is 4.51. The lowest BCUT2D eigenvalue weighted by atomic mass is 9.93. The molecule has 0 unspecified atom stereocenters. The number of carbonyl (C=O) groups is 1. The average Bonchev–Trinajstić information content (AvgIpc) is 3.28. The van der Waals surface area contributed by atoms with Crippen LogP contribution in [0.15, 0.2) is 40.5 Å². The Balaban J connectivity index is 1.44. The summed E-state index contributed by atoms with van der Waals surface area (Å²) in [6.45, 7) is 3.34. The molecular weight excluding hydrogens is 379 g/mol. The highest BCUT2D eigenvalue weighted by Gasteiger charge is 2.26. The molecule has 28 heavy (non-hydrogen) atoms. The number of aromatic nitrogens is 3. The molecule has 4 rings (SSSR count). The van der Waals surface area contributed by atoms with Crippen LogP contribution >= 0.6 is 11.3 Å². The lowest BCUT2D eigenvalue weighted by Gasteiger charge is -2.31. The molecule has 1 aliphatic heterocycles. The molecule has 2 aromatic heterocycles. The topological polar surface area (TPSA) is 71.0 Å². The van der Waals surface area contributed by atoms with E-state index in [2.05, 4.69) is 10.2 Å². The number of para-hydroxylation sites is 1. The van der Waals surface area contributed by atoms with Crippen LogP contribution in [0.3, 0.4) is 0 Å². The molecule has 8 heteroatoms. The lowest BCUT2D eigenvalue weighted by Crippen LogP contribution is -2.38. The third kappa shape index (κ3) is 3.64. The maximum Gasteiger partial charge on any atom is 0.348 e. The van der Waals surface area contributed by atoms with E-state index in [-0.39, 0.29) is 17.5 Å². The van der Waals surface area contributed by atoms with Crippen molar-refractivity contribution in [2.45, 2.75) is 26.2 Å². The van der Waals surface area contributed by atoms with Crippen molar-refractivity contribution in [2.24, 2.45) is 5.92 Å². The molecule has 1 fully saturated rings. The predicted molar refractivity (Wildman–Crippen MR) is 106 cm³/mol. The number of piperidine rings is 1. The van der Waals surface area contributed by atoms with Crippen molar-refractivity contribution in [3.63, 3.8) is 0 Å². The van der Waals surface area contributed by atoms with E-state index in [9.17, 15) is 14.0 Å². The number of hydrogen-bond donors (Lipinski definition) is 1. The second-order valence-electron chi connectivity index (χ2n) is 7.16. The van der Waals surface area contributed by atoms with Crippen molar-refractivity contribution in [3.8, 4) is 5.69 Å². The zero-order chi connectivity index (χ0) is 19.7. The highest BCUT2D eigenvalue weighted by atomic mass is 32.1. The Bertz CT molecular complexity index is 1050. The van der Waals surface area contributed by atoms with Crippen LogP contribution in [-0.2, 0) is 6.42 Å². The van der Waals surface area contributed by atoms with Crippen LogP contribution in [-0.4, -0.2) is 38.7 Å². The number of nitrogens with one attached hydrogen (secondary N) is 1. The first-order valence-corrected chi connectivity index (χ1v) is 10.2. The molecule has 0 radical (unpaired) electrons. The van der Waals surface area contributed by atoms with Gasteiger partial charge < -0.3 is 4.90 Å². The van der Waals surface area contributed by atoms with Gasteiger partial charge in [-0.15, -0.1) is 11.3 Å². The normalized spacial score (nSPS) is 15.1. The molecule has 0 saturated carbocycles. The molecule has 0 bridgehead atoms. The van der Waals surface area contributed by atoms with Crippen LogP contribution in [0.1, 0.15) is 33.9 Å². The quantitative estimate of drug-likeness (QED) is 0.731. The smallest absolute Gasteiger partial charge is 0.338 e. The standard InChI is InChI=1S/C20H21FN4O2S/c1-13-10-17(28-12-13)19(26)24-8-6-14(7-9-24)11-18-22-23-20(27)25(18)16-5-3-2-4-15(16)21/h2-5,10,12,14H,6-9,11H2,1H3,(H,23,27). The summed E-state index contributed by atoms with van der Waals surface area (Å²) in [6.07, 6.45) is 2.22. The van der Waals surface area contributed by atoms with E-state index >= 15 is 0 Å². The van der Waals surface area contributed by atoms with Gasteiger partial charge in [0.2, 0.25) is 0 Å². The fourth-order valence-electron chi connectivity index (χ4n) is 3.65. The van der Waals surface area contributed by atoms with Crippen LogP contribution in [0.2, 0.25) is 0 Å². The molecule has 0 atom stereocenters. The maximum absolute atomic E-state index is 14.1. The van der Waals surface area contributed by atoms with E-state index in [0.717, 1.165) is 23.3 Å². The van der Waals surface area contributed by atoms with Gasteiger partial charge in [-0.2, -0.15) is 5.10 Å². The van der Waals surface area contributed by atoms with Gasteiger partial charge in [-0.25, -0.2) is 18.9 Å². The molecule has 0 aliphatic carbocycles. The van der Waals surface area contributed by atoms with E-state index in [1.54, 1.807) is 18.2 Å². The number of likely N-dealkylation sites (tertiary alicyclic amines) is 1. The van der Waals surface area contributed by atoms with E-state index in [1.807, 2.05) is 23.3 Å². The highest BCUT2D eigenvalue weighted by Crippen LogP contribution is 2.24. The fraction of sp³-hybridized carbons (Fsp3) is 0.350. The first-order chi connectivity index (χ1) is 13.5. The minimum absolute atomic E-state index is 0.0829. The molecule has 1 N–H and O–H groups in total. The molecule has 1 aromatic carbocycles. The van der Waals surface area contributed by atoms with Crippen LogP contribution < -0.4 is 5.69 Å². The molecule has 146 valence electrons. The van der Waals surface area contributed by atoms with Gasteiger partial charge in [0.1, 0.15) is 11.6 Å². The minimum Gasteiger partial charge on any atom is -0.338 e. The molecule has 3 aromatic rings. The van der Waals surface area contributed by atoms with Crippen molar-refractivity contribution in [2.75, 3.05) is 13.1 Å². The van der Waals surface area contributed by atoms with E-state index in [1.165, 1.54) is 22.0 Å². The van der Waals surface area contributed by atoms with Crippen molar-refractivity contribution < 1.29 is 9.18 Å². The van der Waals surface area contributed by atoms with Crippen LogP contribution in [0.5, 0.6) is 0 Å². The lowest BCUT2D eigenvalue weighted by molar-refractivity contribution is 0.0694. The second-order valence-corrected chi connectivity index (χ2v) is 8.07. The monoisotopic (exact) mass is 400 g/mol. The Morgan fingerprint density at radius 2 is 2.07 bits per heavy atom. The number of thiophene rings is 1. The van der Waals surface area contributed by atoms with Crippen molar-refractivity contribution in [1.82, 2.24) is 19.7 Å². The van der Waals surface area contributed by atoms with E-state index in [4.69, 9.17) is 0 Å². The molecule has 1 saturated heterocycles. The number of nitrogens with zero attached hydrogens (tertiary/aromatic N) is 3. The van der Waals surface area contributed by atoms with E-state index in [0.29, 0.717) is 25.3 Å². The van der Waals surface area contributed by atoms with Gasteiger partial charge in [0.25, 0.3) is 5.91 Å². The summed E-state index contributed by atoms with van der Waals surface area (Å²) in [5, 5.41) is 8.53. The summed E-state index contributed by atoms with van der Waals surface area (Å²) in [5.41, 5.74) is 0.866. The van der Waals surface area contributed by atoms with Crippen LogP contribution in [0.25, 0.3) is 5.69 Å². The number of amides is 1. The maximum atomic E-state index is 14.1. The zero-order valence-electron chi connectivity index (χ0n) is 15.5. The Hall–Kier alpha value is -2.74. The van der Waals surface area contributed by atoms with Crippen molar-refractivity contribution in [1.29, 1.82) is 0 Å². The third-order valence-electron chi connectivity index (χ3n) is 5.15. The second kappa shape index (κ2) is 7.71. The predicted octanol–water partition coefficient (Wildman–Crippen LogP) is 3.16. The third-order valence-corrected chi connectivity index (χ3v) is 6.19. The number of aromatic amines is 1. The van der Waals surface area contributed by atoms with Gasteiger partial charge in [0.15, 0.2) is 0 Å². The van der Waals surface area contributed by atoms with Crippen molar-refractivity contribution in [3.05, 3.63) is 68.3 Å². The van der Waals surface area contributed by atoms with Crippen LogP contribution in [0, 0.1) is 18.7 Å². The number of H-pyrrole nitrogens is 1. The van der Waals surface area contributed by atoms with Crippen LogP contribution in [0.4, 0.5) is 4.39 Å². The van der Waals surface area contributed by atoms with Gasteiger partial charge >= 0.3 is 5.69 Å². The zero-order valence-corrected chi connectivity index (χ0v) is 16.3. The molecular formula is C20H21FN4O2S. The summed E-state index contributed by atoms with van der Waals surface area (Å²) >= 11 is 1.48. The van der Waals surface area contributed by atoms with Gasteiger partial charge in [-0.05, 0) is 54.8 Å². The minimum atomic E-state index is -0.459. The van der Waals surface area contributed by atoms with Gasteiger partial charge in [-0.1, -0.05) is 12.1 Å². The number of aryl methyl sites for hydroxylation is 1. The van der Waals surface area contributed by atoms with Crippen molar-refractivity contribution >= 4 is 17.2 Å². The van der Waals surface area contributed by atoms with Gasteiger partial charge in [0.05, 0.1) is 10.6 Å². The van der Waals surface area contributed by atoms with E-state index < -0.39 is 11.5 Å². The summed E-state index contributed by atoms with van der Waals surface area (Å²) in [4.78, 5) is 27.4. The summed E-state index contributed by atoms with van der Waals surface area (Å²) in [5.74, 6) is 0.432. The Morgan fingerprint density at radius 3 is 2.75 bits per heavy atom. The van der Waals surface area contributed by atoms with Gasteiger partial charge in [0, 0.05) is 19.5 Å². The molecule has 1 amide bonds.